The van der Waals surface area contributed by atoms with Crippen LogP contribution >= 0.6 is 12.6 Å². The van der Waals surface area contributed by atoms with Gasteiger partial charge in [0.25, 0.3) is 0 Å². The Morgan fingerprint density at radius 2 is 1.50 bits per heavy atom. The molecule has 1 fully saturated rings. The highest BCUT2D eigenvalue weighted by molar-refractivity contribution is 7.80. The van der Waals surface area contributed by atoms with Crippen LogP contribution in [0.25, 0.3) is 0 Å². The van der Waals surface area contributed by atoms with E-state index in [0.29, 0.717) is 30.7 Å². The van der Waals surface area contributed by atoms with E-state index < -0.39 is 8.80 Å². The van der Waals surface area contributed by atoms with Crippen LogP contribution in [0.1, 0.15) is 61.8 Å². The summed E-state index contributed by atoms with van der Waals surface area (Å²) in [6.45, 7) is 19.8. The summed E-state index contributed by atoms with van der Waals surface area (Å²) in [6.07, 6.45) is 1.00. The lowest BCUT2D eigenvalue weighted by Gasteiger charge is -2.35. The van der Waals surface area contributed by atoms with Gasteiger partial charge < -0.3 is 13.3 Å². The summed E-state index contributed by atoms with van der Waals surface area (Å²) < 4.78 is 17.2. The number of hydrogen-bond donors (Lipinski definition) is 1. The third-order valence-corrected chi connectivity index (χ3v) is 7.19. The Labute approximate surface area is 157 Å². The van der Waals surface area contributed by atoms with Crippen LogP contribution in [0, 0.1) is 5.92 Å². The highest BCUT2D eigenvalue weighted by Crippen LogP contribution is 2.24. The Bertz CT molecular complexity index is 284. The lowest BCUT2D eigenvalue weighted by Crippen LogP contribution is -2.51. The molecule has 0 atom stereocenters. The van der Waals surface area contributed by atoms with Gasteiger partial charge in [0, 0.05) is 49.9 Å². The molecule has 24 heavy (non-hydrogen) atoms. The number of thiol groups is 1. The summed E-state index contributed by atoms with van der Waals surface area (Å²) in [5, 5.41) is 0. The van der Waals surface area contributed by atoms with E-state index >= 15 is 0 Å². The van der Waals surface area contributed by atoms with Crippen molar-refractivity contribution in [1.29, 1.82) is 0 Å². The molecule has 0 aromatic rings. The van der Waals surface area contributed by atoms with E-state index in [1.807, 2.05) is 6.92 Å². The van der Waals surface area contributed by atoms with Crippen molar-refractivity contribution in [1.82, 2.24) is 4.90 Å². The van der Waals surface area contributed by atoms with Crippen LogP contribution in [-0.4, -0.2) is 57.4 Å². The molecule has 4 nitrogen and oxygen atoms in total. The standard InChI is InChI=1S/C9H21N.C9H20O3SSi/c1-7(2)10(8(3)4)9(5)6;1-3-10-14(6-4-5-13)11-7-9(2)8-12-14/h7-9H,1-6H3;9,13H,3-8H2,1-2H3. The first-order chi connectivity index (χ1) is 11.2. The van der Waals surface area contributed by atoms with E-state index in [4.69, 9.17) is 13.3 Å². The molecule has 0 radical (unpaired) electrons. The molecular weight excluding hydrogens is 338 g/mol. The van der Waals surface area contributed by atoms with Gasteiger partial charge in [-0.15, -0.1) is 0 Å². The maximum absolute atomic E-state index is 5.78. The van der Waals surface area contributed by atoms with Gasteiger partial charge in [0.05, 0.1) is 0 Å². The van der Waals surface area contributed by atoms with Crippen LogP contribution in [0.5, 0.6) is 0 Å². The second-order valence-electron chi connectivity index (χ2n) is 7.40. The summed E-state index contributed by atoms with van der Waals surface area (Å²) >= 11 is 4.20. The molecule has 1 saturated heterocycles. The third kappa shape index (κ3) is 9.20. The van der Waals surface area contributed by atoms with Crippen LogP contribution in [-0.2, 0) is 13.3 Å². The minimum absolute atomic E-state index is 0.493. The van der Waals surface area contributed by atoms with Gasteiger partial charge >= 0.3 is 8.80 Å². The minimum Gasteiger partial charge on any atom is -0.374 e. The molecule has 0 bridgehead atoms. The van der Waals surface area contributed by atoms with Gasteiger partial charge in [0.15, 0.2) is 0 Å². The number of nitrogens with zero attached hydrogens (tertiary/aromatic N) is 1. The monoisotopic (exact) mass is 379 g/mol. The Morgan fingerprint density at radius 3 is 1.79 bits per heavy atom. The zero-order chi connectivity index (χ0) is 18.8. The number of rotatable bonds is 8. The van der Waals surface area contributed by atoms with E-state index in [2.05, 4.69) is 66.0 Å². The van der Waals surface area contributed by atoms with Crippen molar-refractivity contribution in [3.05, 3.63) is 0 Å². The summed E-state index contributed by atoms with van der Waals surface area (Å²) in [7, 11) is -2.29. The highest BCUT2D eigenvalue weighted by atomic mass is 32.1. The highest BCUT2D eigenvalue weighted by Gasteiger charge is 2.43. The average molecular weight is 380 g/mol. The molecule has 146 valence electrons. The smallest absolute Gasteiger partial charge is 0.374 e. The Balaban J connectivity index is 0.000000470. The van der Waals surface area contributed by atoms with Crippen LogP contribution in [0.2, 0.25) is 6.04 Å². The predicted octanol–water partition coefficient (Wildman–Crippen LogP) is 4.48. The molecule has 0 amide bonds. The molecule has 1 aliphatic rings. The average Bonchev–Trinajstić information content (AvgIpc) is 2.48. The van der Waals surface area contributed by atoms with Crippen molar-refractivity contribution >= 4 is 21.4 Å². The van der Waals surface area contributed by atoms with E-state index in [-0.39, 0.29) is 0 Å². The summed E-state index contributed by atoms with van der Waals surface area (Å²) in [5.74, 6) is 1.36. The maximum Gasteiger partial charge on any atom is 0.500 e. The molecule has 0 aromatic carbocycles. The van der Waals surface area contributed by atoms with Gasteiger partial charge in [0.2, 0.25) is 0 Å². The van der Waals surface area contributed by atoms with Crippen molar-refractivity contribution in [2.75, 3.05) is 25.6 Å². The minimum atomic E-state index is -2.29. The fraction of sp³-hybridized carbons (Fsp3) is 1.00. The zero-order valence-electron chi connectivity index (χ0n) is 17.2. The Morgan fingerprint density at radius 1 is 1.04 bits per heavy atom. The first-order valence-electron chi connectivity index (χ1n) is 9.49. The zero-order valence-corrected chi connectivity index (χ0v) is 19.1. The molecular formula is C18H41NO3SSi. The van der Waals surface area contributed by atoms with Gasteiger partial charge in [-0.1, -0.05) is 6.92 Å². The molecule has 6 heteroatoms. The Hall–Kier alpha value is 0.407. The first kappa shape index (κ1) is 24.4. The van der Waals surface area contributed by atoms with E-state index in [1.165, 1.54) is 0 Å². The first-order valence-corrected chi connectivity index (χ1v) is 12.1. The third-order valence-electron chi connectivity index (χ3n) is 3.97. The molecule has 0 aliphatic carbocycles. The molecule has 1 rings (SSSR count). The van der Waals surface area contributed by atoms with Gasteiger partial charge in [-0.2, -0.15) is 12.6 Å². The fourth-order valence-electron chi connectivity index (χ4n) is 3.23. The SMILES string of the molecule is CC(C)N(C(C)C)C(C)C.CCO[Si]1(CCCS)OCC(C)CO1. The molecule has 1 heterocycles. The second-order valence-corrected chi connectivity index (χ2v) is 10.6. The quantitative estimate of drug-likeness (QED) is 0.498. The largest absolute Gasteiger partial charge is 0.500 e. The predicted molar refractivity (Wildman–Crippen MR) is 109 cm³/mol. The summed E-state index contributed by atoms with van der Waals surface area (Å²) in [6, 6.07) is 2.90. The maximum atomic E-state index is 5.78. The van der Waals surface area contributed by atoms with Crippen molar-refractivity contribution in [2.45, 2.75) is 86.0 Å². The van der Waals surface area contributed by atoms with E-state index in [9.17, 15) is 0 Å². The van der Waals surface area contributed by atoms with Crippen molar-refractivity contribution in [3.8, 4) is 0 Å². The van der Waals surface area contributed by atoms with Crippen LogP contribution in [0.15, 0.2) is 0 Å². The van der Waals surface area contributed by atoms with Gasteiger partial charge in [0.1, 0.15) is 0 Å². The van der Waals surface area contributed by atoms with Crippen LogP contribution < -0.4 is 0 Å². The van der Waals surface area contributed by atoms with Crippen molar-refractivity contribution < 1.29 is 13.3 Å². The fourth-order valence-corrected chi connectivity index (χ4v) is 6.50. The number of hydrogen-bond acceptors (Lipinski definition) is 5. The molecule has 1 aliphatic heterocycles. The molecule has 0 spiro atoms. The topological polar surface area (TPSA) is 30.9 Å². The Kier molecular flexibility index (Phi) is 12.9. The van der Waals surface area contributed by atoms with Gasteiger partial charge in [-0.3, -0.25) is 4.90 Å². The molecule has 0 saturated carbocycles. The lowest BCUT2D eigenvalue weighted by atomic mass is 10.2. The molecule has 0 N–H and O–H groups in total. The normalized spacial score (nSPS) is 24.6. The lowest BCUT2D eigenvalue weighted by molar-refractivity contribution is -0.00254. The van der Waals surface area contributed by atoms with Gasteiger partial charge in [-0.25, -0.2) is 0 Å². The van der Waals surface area contributed by atoms with E-state index in [0.717, 1.165) is 31.4 Å². The van der Waals surface area contributed by atoms with Crippen LogP contribution in [0.3, 0.4) is 0 Å². The molecule has 0 unspecified atom stereocenters. The van der Waals surface area contributed by atoms with Crippen molar-refractivity contribution in [3.63, 3.8) is 0 Å². The summed E-state index contributed by atoms with van der Waals surface area (Å²) in [4.78, 5) is 2.50. The van der Waals surface area contributed by atoms with Crippen LogP contribution in [0.4, 0.5) is 0 Å². The second kappa shape index (κ2) is 12.7. The summed E-state index contributed by atoms with van der Waals surface area (Å²) in [5.41, 5.74) is 0. The van der Waals surface area contributed by atoms with Crippen molar-refractivity contribution in [2.24, 2.45) is 5.92 Å². The van der Waals surface area contributed by atoms with E-state index in [1.54, 1.807) is 0 Å². The van der Waals surface area contributed by atoms with Gasteiger partial charge in [-0.05, 0) is 60.6 Å². The molecule has 0 aromatic heterocycles.